The van der Waals surface area contributed by atoms with Crippen LogP contribution in [0.3, 0.4) is 0 Å². The molecule has 1 N–H and O–H groups in total. The van der Waals surface area contributed by atoms with Crippen molar-refractivity contribution in [3.05, 3.63) is 35.8 Å². The SMILES string of the molecule is CC(=O)Nc1cc2c(-c3cc(OCC4(C#N)COC4)c4c(n3)C3(CCOC3)OCC4)cn(C)c2cn1. The van der Waals surface area contributed by atoms with Crippen molar-refractivity contribution in [2.75, 3.05) is 45.0 Å². The number of aryl methyl sites for hydroxylation is 1. The van der Waals surface area contributed by atoms with Gasteiger partial charge in [-0.15, -0.1) is 0 Å². The number of pyridine rings is 2. The molecule has 3 aliphatic rings. The predicted molar refractivity (Wildman–Crippen MR) is 129 cm³/mol. The Hall–Kier alpha value is -3.52. The molecule has 3 aromatic rings. The molecule has 10 nitrogen and oxygen atoms in total. The molecule has 6 heterocycles. The second kappa shape index (κ2) is 8.55. The van der Waals surface area contributed by atoms with E-state index in [-0.39, 0.29) is 12.5 Å². The Morgan fingerprint density at radius 3 is 2.83 bits per heavy atom. The highest BCUT2D eigenvalue weighted by molar-refractivity contribution is 5.98. The summed E-state index contributed by atoms with van der Waals surface area (Å²) < 4.78 is 25.7. The number of nitriles is 1. The fraction of sp³-hybridized carbons (Fsp3) is 0.462. The topological polar surface area (TPSA) is 121 Å². The summed E-state index contributed by atoms with van der Waals surface area (Å²) in [4.78, 5) is 21.1. The van der Waals surface area contributed by atoms with Crippen molar-refractivity contribution >= 4 is 22.6 Å². The molecule has 2 saturated heterocycles. The molecule has 1 unspecified atom stereocenters. The number of hydrogen-bond donors (Lipinski definition) is 1. The normalized spacial score (nSPS) is 22.1. The van der Waals surface area contributed by atoms with Crippen LogP contribution in [0.15, 0.2) is 24.5 Å². The van der Waals surface area contributed by atoms with Gasteiger partial charge in [-0.3, -0.25) is 4.79 Å². The zero-order chi connectivity index (χ0) is 24.9. The molecule has 0 aliphatic carbocycles. The lowest BCUT2D eigenvalue weighted by atomic mass is 9.88. The van der Waals surface area contributed by atoms with E-state index in [1.54, 1.807) is 6.20 Å². The van der Waals surface area contributed by atoms with E-state index >= 15 is 0 Å². The van der Waals surface area contributed by atoms with Crippen LogP contribution in [0.25, 0.3) is 22.2 Å². The molecule has 3 aliphatic heterocycles. The van der Waals surface area contributed by atoms with Gasteiger partial charge in [0.1, 0.15) is 29.2 Å². The predicted octanol–water partition coefficient (Wildman–Crippen LogP) is 2.70. The van der Waals surface area contributed by atoms with Crippen LogP contribution in [0.4, 0.5) is 5.82 Å². The van der Waals surface area contributed by atoms with E-state index in [2.05, 4.69) is 16.4 Å². The summed E-state index contributed by atoms with van der Waals surface area (Å²) in [5.41, 5.74) is 3.12. The maximum atomic E-state index is 11.6. The van der Waals surface area contributed by atoms with Crippen molar-refractivity contribution in [2.45, 2.75) is 25.4 Å². The Morgan fingerprint density at radius 2 is 2.14 bits per heavy atom. The summed E-state index contributed by atoms with van der Waals surface area (Å²) in [7, 11) is 1.95. The van der Waals surface area contributed by atoms with Crippen LogP contribution < -0.4 is 10.1 Å². The van der Waals surface area contributed by atoms with Crippen LogP contribution in [-0.2, 0) is 38.1 Å². The first-order valence-electron chi connectivity index (χ1n) is 12.0. The zero-order valence-electron chi connectivity index (χ0n) is 20.3. The number of rotatable bonds is 5. The number of amides is 1. The van der Waals surface area contributed by atoms with E-state index in [9.17, 15) is 10.1 Å². The van der Waals surface area contributed by atoms with Gasteiger partial charge in [0.15, 0.2) is 0 Å². The second-order valence-electron chi connectivity index (χ2n) is 9.82. The molecule has 0 saturated carbocycles. The smallest absolute Gasteiger partial charge is 0.222 e. The molecule has 0 aromatic carbocycles. The number of fused-ring (bicyclic) bond motifs is 3. The van der Waals surface area contributed by atoms with Gasteiger partial charge < -0.3 is 28.8 Å². The number of nitrogens with one attached hydrogen (secondary N) is 1. The van der Waals surface area contributed by atoms with Crippen molar-refractivity contribution < 1.29 is 23.7 Å². The van der Waals surface area contributed by atoms with Crippen molar-refractivity contribution in [3.63, 3.8) is 0 Å². The minimum Gasteiger partial charge on any atom is -0.491 e. The molecule has 3 aromatic heterocycles. The van der Waals surface area contributed by atoms with E-state index in [1.807, 2.05) is 29.9 Å². The minimum absolute atomic E-state index is 0.186. The summed E-state index contributed by atoms with van der Waals surface area (Å²) in [6.07, 6.45) is 5.13. The Labute approximate surface area is 208 Å². The monoisotopic (exact) mass is 489 g/mol. The molecular weight excluding hydrogens is 462 g/mol. The molecular formula is C26H27N5O5. The molecule has 2 fully saturated rings. The Morgan fingerprint density at radius 1 is 1.28 bits per heavy atom. The molecule has 0 radical (unpaired) electrons. The van der Waals surface area contributed by atoms with Crippen LogP contribution in [0.2, 0.25) is 0 Å². The summed E-state index contributed by atoms with van der Waals surface area (Å²) in [5, 5.41) is 13.3. The second-order valence-corrected chi connectivity index (χ2v) is 9.82. The van der Waals surface area contributed by atoms with Gasteiger partial charge in [-0.2, -0.15) is 5.26 Å². The van der Waals surface area contributed by atoms with Crippen molar-refractivity contribution in [3.8, 4) is 23.1 Å². The first-order chi connectivity index (χ1) is 17.4. The average Bonchev–Trinajstić information content (AvgIpc) is 3.43. The lowest BCUT2D eigenvalue weighted by Crippen LogP contribution is -2.46. The number of aromatic nitrogens is 3. The molecule has 1 spiro atoms. The highest BCUT2D eigenvalue weighted by atomic mass is 16.6. The van der Waals surface area contributed by atoms with Crippen LogP contribution in [0.5, 0.6) is 5.75 Å². The fourth-order valence-electron chi connectivity index (χ4n) is 5.17. The van der Waals surface area contributed by atoms with Crippen LogP contribution >= 0.6 is 0 Å². The Bertz CT molecular complexity index is 1400. The van der Waals surface area contributed by atoms with Crippen LogP contribution in [-0.4, -0.2) is 60.1 Å². The Balaban J connectivity index is 1.49. The maximum absolute atomic E-state index is 11.6. The number of hydrogen-bond acceptors (Lipinski definition) is 8. The van der Waals surface area contributed by atoms with Crippen molar-refractivity contribution in [1.29, 1.82) is 5.26 Å². The van der Waals surface area contributed by atoms with Gasteiger partial charge in [0.2, 0.25) is 5.91 Å². The molecule has 1 atom stereocenters. The molecule has 0 bridgehead atoms. The third-order valence-electron chi connectivity index (χ3n) is 7.18. The first-order valence-corrected chi connectivity index (χ1v) is 12.0. The summed E-state index contributed by atoms with van der Waals surface area (Å²) in [6, 6.07) is 6.16. The standard InChI is InChI=1S/C26H27N5O5/c1-16(32)29-23-7-18-19(10-31(2)21(18)9-28-23)20-8-22(35-14-25(11-27)12-34-13-25)17-3-5-36-26(24(17)30-20)4-6-33-15-26/h7-10H,3-6,12-15H2,1-2H3,(H,28,29,32). The van der Waals surface area contributed by atoms with Gasteiger partial charge in [0, 0.05) is 62.2 Å². The van der Waals surface area contributed by atoms with Crippen molar-refractivity contribution in [2.24, 2.45) is 12.5 Å². The largest absolute Gasteiger partial charge is 0.491 e. The van der Waals surface area contributed by atoms with E-state index < -0.39 is 11.0 Å². The van der Waals surface area contributed by atoms with Gasteiger partial charge in [-0.05, 0) is 6.07 Å². The third-order valence-corrected chi connectivity index (χ3v) is 7.18. The number of anilines is 1. The van der Waals surface area contributed by atoms with E-state index in [0.29, 0.717) is 51.0 Å². The molecule has 10 heteroatoms. The van der Waals surface area contributed by atoms with Crippen LogP contribution in [0.1, 0.15) is 24.6 Å². The van der Waals surface area contributed by atoms with Gasteiger partial charge in [-0.1, -0.05) is 0 Å². The van der Waals surface area contributed by atoms with E-state index in [4.69, 9.17) is 23.9 Å². The van der Waals surface area contributed by atoms with Gasteiger partial charge in [-0.25, -0.2) is 9.97 Å². The minimum atomic E-state index is -0.631. The third kappa shape index (κ3) is 3.71. The first kappa shape index (κ1) is 22.9. The molecule has 6 rings (SSSR count). The highest BCUT2D eigenvalue weighted by Crippen LogP contribution is 2.44. The molecule has 36 heavy (non-hydrogen) atoms. The fourth-order valence-corrected chi connectivity index (χ4v) is 5.17. The Kier molecular flexibility index (Phi) is 5.44. The molecule has 186 valence electrons. The van der Waals surface area contributed by atoms with Gasteiger partial charge >= 0.3 is 0 Å². The molecule has 1 amide bonds. The summed E-state index contributed by atoms with van der Waals surface area (Å²) in [6.45, 7) is 4.04. The van der Waals surface area contributed by atoms with E-state index in [0.717, 1.165) is 39.8 Å². The van der Waals surface area contributed by atoms with E-state index in [1.165, 1.54) is 6.92 Å². The number of carbonyl (C=O) groups is 1. The number of nitrogens with zero attached hydrogens (tertiary/aromatic N) is 4. The average molecular weight is 490 g/mol. The summed E-state index contributed by atoms with van der Waals surface area (Å²) >= 11 is 0. The van der Waals surface area contributed by atoms with Crippen LogP contribution in [0, 0.1) is 16.7 Å². The zero-order valence-corrected chi connectivity index (χ0v) is 20.3. The lowest BCUT2D eigenvalue weighted by molar-refractivity contribution is -0.114. The summed E-state index contributed by atoms with van der Waals surface area (Å²) in [5.74, 6) is 0.995. The quantitative estimate of drug-likeness (QED) is 0.581. The number of ether oxygens (including phenoxy) is 4. The number of carbonyl (C=O) groups excluding carboxylic acids is 1. The lowest BCUT2D eigenvalue weighted by Gasteiger charge is -2.37. The highest BCUT2D eigenvalue weighted by Gasteiger charge is 2.45. The van der Waals surface area contributed by atoms with Gasteiger partial charge in [0.25, 0.3) is 0 Å². The van der Waals surface area contributed by atoms with Crippen molar-refractivity contribution in [1.82, 2.24) is 14.5 Å². The van der Waals surface area contributed by atoms with Gasteiger partial charge in [0.05, 0.1) is 55.6 Å². The maximum Gasteiger partial charge on any atom is 0.222 e.